The number of hydrogen-bond donors (Lipinski definition) is 2. The largest absolute Gasteiger partial charge is 0.494 e. The maximum absolute atomic E-state index is 13.8. The highest BCUT2D eigenvalue weighted by atomic mass is 19.1. The first-order chi connectivity index (χ1) is 16.0. The third kappa shape index (κ3) is 8.63. The molecule has 1 unspecified atom stereocenters. The molecule has 190 valence electrons. The van der Waals surface area contributed by atoms with Crippen molar-refractivity contribution >= 4 is 11.7 Å². The van der Waals surface area contributed by atoms with Gasteiger partial charge in [-0.1, -0.05) is 11.7 Å². The highest BCUT2D eigenvalue weighted by Crippen LogP contribution is 2.24. The molecule has 1 aromatic rings. The Bertz CT molecular complexity index is 858. The number of amidine groups is 1. The van der Waals surface area contributed by atoms with Gasteiger partial charge < -0.3 is 24.9 Å². The third-order valence-corrected chi connectivity index (χ3v) is 6.14. The molecule has 1 atom stereocenters. The topological polar surface area (TPSA) is 83.4 Å². The molecule has 1 fully saturated rings. The van der Waals surface area contributed by atoms with Gasteiger partial charge in [-0.3, -0.25) is 4.79 Å². The molecule has 8 heteroatoms. The van der Waals surface area contributed by atoms with Crippen molar-refractivity contribution in [3.05, 3.63) is 41.7 Å². The summed E-state index contributed by atoms with van der Waals surface area (Å²) in [7, 11) is 0. The second kappa shape index (κ2) is 12.7. The summed E-state index contributed by atoms with van der Waals surface area (Å²) >= 11 is 0. The van der Waals surface area contributed by atoms with Gasteiger partial charge in [0.1, 0.15) is 11.6 Å². The molecule has 0 bridgehead atoms. The Morgan fingerprint density at radius 2 is 2.06 bits per heavy atom. The SMILES string of the molecule is C=C(O/N=C(\C)N1CCC(CCCOc2ccc(C(=O)NC(C)CO)c(C)c2)CC1)C(C)(C)F. The lowest BCUT2D eigenvalue weighted by atomic mass is 9.92. The van der Waals surface area contributed by atoms with E-state index in [9.17, 15) is 9.18 Å². The summed E-state index contributed by atoms with van der Waals surface area (Å²) < 4.78 is 19.7. The lowest BCUT2D eigenvalue weighted by molar-refractivity contribution is 0.0921. The third-order valence-electron chi connectivity index (χ3n) is 6.14. The Morgan fingerprint density at radius 3 is 2.65 bits per heavy atom. The Labute approximate surface area is 203 Å². The van der Waals surface area contributed by atoms with Crippen molar-refractivity contribution in [1.29, 1.82) is 0 Å². The van der Waals surface area contributed by atoms with Crippen LogP contribution in [0, 0.1) is 12.8 Å². The van der Waals surface area contributed by atoms with Crippen LogP contribution in [0.1, 0.15) is 69.3 Å². The van der Waals surface area contributed by atoms with Gasteiger partial charge in [0, 0.05) is 24.7 Å². The van der Waals surface area contributed by atoms with Crippen LogP contribution >= 0.6 is 0 Å². The number of nitrogens with zero attached hydrogens (tertiary/aromatic N) is 2. The summed E-state index contributed by atoms with van der Waals surface area (Å²) in [5.41, 5.74) is -0.193. The highest BCUT2D eigenvalue weighted by Gasteiger charge is 2.24. The number of carbonyl (C=O) groups excluding carboxylic acids is 1. The van der Waals surface area contributed by atoms with Gasteiger partial charge in [-0.2, -0.15) is 0 Å². The lowest BCUT2D eigenvalue weighted by Crippen LogP contribution is -2.37. The van der Waals surface area contributed by atoms with Crippen LogP contribution in [-0.4, -0.2) is 59.8 Å². The van der Waals surface area contributed by atoms with E-state index in [1.54, 1.807) is 13.0 Å². The standard InChI is InChI=1S/C26H40FN3O4/c1-18-16-23(9-10-24(18)25(32)28-19(2)17-31)33-15-7-8-22-11-13-30(14-12-22)21(4)29-34-20(3)26(5,6)27/h9-10,16,19,22,31H,3,7-8,11-15,17H2,1-2,4-6H3,(H,28,32)/b29-21+. The molecule has 0 radical (unpaired) electrons. The summed E-state index contributed by atoms with van der Waals surface area (Å²) in [6, 6.07) is 5.16. The van der Waals surface area contributed by atoms with Crippen LogP contribution in [0.3, 0.4) is 0 Å². The molecule has 0 aromatic heterocycles. The van der Waals surface area contributed by atoms with Gasteiger partial charge in [-0.05, 0) is 90.0 Å². The first-order valence-corrected chi connectivity index (χ1v) is 12.0. The Morgan fingerprint density at radius 1 is 1.38 bits per heavy atom. The van der Waals surface area contributed by atoms with Crippen molar-refractivity contribution in [2.45, 2.75) is 72.0 Å². The second-order valence-corrected chi connectivity index (χ2v) is 9.58. The van der Waals surface area contributed by atoms with E-state index in [0.717, 1.165) is 55.9 Å². The summed E-state index contributed by atoms with van der Waals surface area (Å²) in [4.78, 5) is 19.6. The van der Waals surface area contributed by atoms with E-state index in [2.05, 4.69) is 22.0 Å². The monoisotopic (exact) mass is 477 g/mol. The van der Waals surface area contributed by atoms with Crippen molar-refractivity contribution in [3.8, 4) is 5.75 Å². The Hall–Kier alpha value is -2.61. The van der Waals surface area contributed by atoms with Gasteiger partial charge in [-0.15, -0.1) is 0 Å². The fourth-order valence-electron chi connectivity index (χ4n) is 3.72. The number of halogens is 1. The minimum atomic E-state index is -1.62. The molecule has 0 aliphatic carbocycles. The summed E-state index contributed by atoms with van der Waals surface area (Å²) in [6.45, 7) is 14.2. The molecule has 1 amide bonds. The van der Waals surface area contributed by atoms with E-state index in [1.165, 1.54) is 13.8 Å². The zero-order chi connectivity index (χ0) is 25.3. The molecule has 2 N–H and O–H groups in total. The van der Waals surface area contributed by atoms with E-state index in [-0.39, 0.29) is 24.3 Å². The molecule has 1 heterocycles. The number of alkyl halides is 1. The van der Waals surface area contributed by atoms with Gasteiger partial charge in [0.05, 0.1) is 13.2 Å². The summed E-state index contributed by atoms with van der Waals surface area (Å²) in [5.74, 6) is 1.94. The fraction of sp³-hybridized carbons (Fsp3) is 0.615. The Balaban J connectivity index is 1.70. The molecule has 1 saturated heterocycles. The number of likely N-dealkylation sites (tertiary alicyclic amines) is 1. The first kappa shape index (κ1) is 27.6. The maximum atomic E-state index is 13.8. The van der Waals surface area contributed by atoms with Crippen molar-refractivity contribution in [2.24, 2.45) is 11.1 Å². The van der Waals surface area contributed by atoms with Crippen LogP contribution in [0.15, 0.2) is 35.7 Å². The minimum Gasteiger partial charge on any atom is -0.494 e. The second-order valence-electron chi connectivity index (χ2n) is 9.58. The summed E-state index contributed by atoms with van der Waals surface area (Å²) in [5, 5.41) is 15.9. The fourth-order valence-corrected chi connectivity index (χ4v) is 3.72. The van der Waals surface area contributed by atoms with Gasteiger partial charge in [0.15, 0.2) is 11.4 Å². The van der Waals surface area contributed by atoms with E-state index in [1.807, 2.05) is 26.0 Å². The van der Waals surface area contributed by atoms with E-state index >= 15 is 0 Å². The average molecular weight is 478 g/mol. The lowest BCUT2D eigenvalue weighted by Gasteiger charge is -2.33. The number of nitrogens with one attached hydrogen (secondary N) is 1. The molecule has 2 rings (SSSR count). The van der Waals surface area contributed by atoms with E-state index < -0.39 is 5.67 Å². The number of oxime groups is 1. The zero-order valence-corrected chi connectivity index (χ0v) is 21.2. The van der Waals surface area contributed by atoms with Crippen LogP contribution < -0.4 is 10.1 Å². The summed E-state index contributed by atoms with van der Waals surface area (Å²) in [6.07, 6.45) is 4.18. The highest BCUT2D eigenvalue weighted by molar-refractivity contribution is 5.96. The normalized spacial score (nSPS) is 16.2. The predicted octanol–water partition coefficient (Wildman–Crippen LogP) is 4.59. The number of carbonyl (C=O) groups is 1. The van der Waals surface area contributed by atoms with Crippen LogP contribution in [0.25, 0.3) is 0 Å². The van der Waals surface area contributed by atoms with Gasteiger partial charge in [-0.25, -0.2) is 4.39 Å². The average Bonchev–Trinajstić information content (AvgIpc) is 2.79. The number of benzene rings is 1. The van der Waals surface area contributed by atoms with Crippen molar-refractivity contribution in [3.63, 3.8) is 0 Å². The number of aliphatic hydroxyl groups is 1. The number of aryl methyl sites for hydroxylation is 1. The van der Waals surface area contributed by atoms with Crippen molar-refractivity contribution < 1.29 is 23.9 Å². The number of allylic oxidation sites excluding steroid dienone is 1. The zero-order valence-electron chi connectivity index (χ0n) is 21.2. The minimum absolute atomic E-state index is 0.00568. The first-order valence-electron chi connectivity index (χ1n) is 12.0. The van der Waals surface area contributed by atoms with Crippen LogP contribution in [0.4, 0.5) is 4.39 Å². The number of ether oxygens (including phenoxy) is 1. The molecular formula is C26H40FN3O4. The molecule has 34 heavy (non-hydrogen) atoms. The molecule has 1 aliphatic heterocycles. The molecule has 0 saturated carbocycles. The number of aliphatic hydroxyl groups excluding tert-OH is 1. The molecule has 7 nitrogen and oxygen atoms in total. The number of rotatable bonds is 11. The van der Waals surface area contributed by atoms with Crippen LogP contribution in [0.2, 0.25) is 0 Å². The van der Waals surface area contributed by atoms with Crippen LogP contribution in [0.5, 0.6) is 5.75 Å². The van der Waals surface area contributed by atoms with Crippen LogP contribution in [-0.2, 0) is 4.84 Å². The van der Waals surface area contributed by atoms with Gasteiger partial charge >= 0.3 is 0 Å². The number of hydrogen-bond acceptors (Lipinski definition) is 5. The number of piperidine rings is 1. The van der Waals surface area contributed by atoms with E-state index in [4.69, 9.17) is 14.7 Å². The molecule has 0 spiro atoms. The quantitative estimate of drug-likeness (QED) is 0.160. The van der Waals surface area contributed by atoms with E-state index in [0.29, 0.717) is 18.1 Å². The number of amides is 1. The smallest absolute Gasteiger partial charge is 0.251 e. The Kier molecular flexibility index (Phi) is 10.4. The molecular weight excluding hydrogens is 437 g/mol. The molecule has 1 aromatic carbocycles. The predicted molar refractivity (Wildman–Crippen MR) is 133 cm³/mol. The van der Waals surface area contributed by atoms with Gasteiger partial charge in [0.25, 0.3) is 5.91 Å². The van der Waals surface area contributed by atoms with Crippen molar-refractivity contribution in [1.82, 2.24) is 10.2 Å². The maximum Gasteiger partial charge on any atom is 0.251 e. The molecule has 1 aliphatic rings. The van der Waals surface area contributed by atoms with Crippen molar-refractivity contribution in [2.75, 3.05) is 26.3 Å². The van der Waals surface area contributed by atoms with Gasteiger partial charge in [0.2, 0.25) is 0 Å².